The first-order valence-corrected chi connectivity index (χ1v) is 7.43. The quantitative estimate of drug-likeness (QED) is 0.820. The number of pyridine rings is 1. The first-order valence-electron chi connectivity index (χ1n) is 7.43. The minimum atomic E-state index is -0.309. The van der Waals surface area contributed by atoms with Gasteiger partial charge in [-0.25, -0.2) is 0 Å². The molecule has 21 heavy (non-hydrogen) atoms. The second-order valence-electron chi connectivity index (χ2n) is 5.75. The maximum atomic E-state index is 11.6. The van der Waals surface area contributed by atoms with Gasteiger partial charge in [-0.05, 0) is 20.5 Å². The van der Waals surface area contributed by atoms with Gasteiger partial charge in [-0.2, -0.15) is 0 Å². The minimum Gasteiger partial charge on any atom is -0.503 e. The Bertz CT molecular complexity index is 507. The highest BCUT2D eigenvalue weighted by Gasteiger charge is 2.11. The van der Waals surface area contributed by atoms with Gasteiger partial charge in [0.2, 0.25) is 5.43 Å². The van der Waals surface area contributed by atoms with Gasteiger partial charge in [0.05, 0.1) is 19.4 Å². The van der Waals surface area contributed by atoms with E-state index in [1.165, 1.54) is 6.07 Å². The van der Waals surface area contributed by atoms with Gasteiger partial charge in [-0.1, -0.05) is 0 Å². The molecule has 0 saturated carbocycles. The lowest BCUT2D eigenvalue weighted by molar-refractivity contribution is 0.0369. The van der Waals surface area contributed by atoms with Crippen molar-refractivity contribution in [1.29, 1.82) is 0 Å². The highest BCUT2D eigenvalue weighted by atomic mass is 16.5. The highest BCUT2D eigenvalue weighted by molar-refractivity contribution is 5.20. The molecule has 0 spiro atoms. The highest BCUT2D eigenvalue weighted by Crippen LogP contribution is 2.09. The molecule has 118 valence electrons. The van der Waals surface area contributed by atoms with E-state index in [4.69, 9.17) is 4.74 Å². The van der Waals surface area contributed by atoms with Gasteiger partial charge in [0.1, 0.15) is 0 Å². The molecule has 1 aliphatic rings. The molecule has 6 heteroatoms. The van der Waals surface area contributed by atoms with Crippen molar-refractivity contribution in [2.45, 2.75) is 19.5 Å². The van der Waals surface area contributed by atoms with E-state index in [2.05, 4.69) is 4.90 Å². The summed E-state index contributed by atoms with van der Waals surface area (Å²) in [5.41, 5.74) is 0.626. The number of aromatic nitrogens is 1. The van der Waals surface area contributed by atoms with Crippen LogP contribution in [0, 0.1) is 0 Å². The van der Waals surface area contributed by atoms with Crippen LogP contribution in [0.5, 0.6) is 5.75 Å². The van der Waals surface area contributed by atoms with Gasteiger partial charge in [0.15, 0.2) is 5.75 Å². The zero-order chi connectivity index (χ0) is 15.2. The summed E-state index contributed by atoms with van der Waals surface area (Å²) in [7, 11) is 3.94. The lowest BCUT2D eigenvalue weighted by Gasteiger charge is -2.27. The number of aryl methyl sites for hydroxylation is 1. The summed E-state index contributed by atoms with van der Waals surface area (Å²) in [6.07, 6.45) is 2.54. The number of hydrogen-bond donors (Lipinski definition) is 1. The van der Waals surface area contributed by atoms with Gasteiger partial charge in [-0.3, -0.25) is 9.69 Å². The molecule has 1 aliphatic heterocycles. The summed E-state index contributed by atoms with van der Waals surface area (Å²) in [6, 6.07) is 1.53. The minimum absolute atomic E-state index is 0.177. The van der Waals surface area contributed by atoms with E-state index in [1.807, 2.05) is 23.6 Å². The molecule has 0 aliphatic carbocycles. The second-order valence-corrected chi connectivity index (χ2v) is 5.75. The molecule has 2 rings (SSSR count). The summed E-state index contributed by atoms with van der Waals surface area (Å²) in [4.78, 5) is 16.0. The topological polar surface area (TPSA) is 57.9 Å². The van der Waals surface area contributed by atoms with Crippen LogP contribution in [0.2, 0.25) is 0 Å². The van der Waals surface area contributed by atoms with E-state index in [9.17, 15) is 9.90 Å². The molecular formula is C15H25N3O3. The monoisotopic (exact) mass is 295 g/mol. The average Bonchev–Trinajstić information content (AvgIpc) is 2.44. The smallest absolute Gasteiger partial charge is 0.223 e. The van der Waals surface area contributed by atoms with Crippen molar-refractivity contribution >= 4 is 0 Å². The molecule has 0 amide bonds. The summed E-state index contributed by atoms with van der Waals surface area (Å²) in [6.45, 7) is 6.09. The summed E-state index contributed by atoms with van der Waals surface area (Å²) in [5, 5.41) is 9.63. The second kappa shape index (κ2) is 7.59. The Kier molecular flexibility index (Phi) is 5.78. The molecule has 1 fully saturated rings. The van der Waals surface area contributed by atoms with Crippen LogP contribution in [0.15, 0.2) is 17.1 Å². The Hall–Kier alpha value is -1.37. The first-order chi connectivity index (χ1) is 10.1. The lowest BCUT2D eigenvalue weighted by atomic mass is 10.2. The number of hydrogen-bond acceptors (Lipinski definition) is 5. The number of rotatable bonds is 6. The third kappa shape index (κ3) is 4.84. The first kappa shape index (κ1) is 16.0. The van der Waals surface area contributed by atoms with Crippen molar-refractivity contribution in [1.82, 2.24) is 14.4 Å². The fraction of sp³-hybridized carbons (Fsp3) is 0.667. The van der Waals surface area contributed by atoms with E-state index in [0.717, 1.165) is 51.5 Å². The van der Waals surface area contributed by atoms with E-state index in [-0.39, 0.29) is 11.2 Å². The average molecular weight is 295 g/mol. The van der Waals surface area contributed by atoms with Crippen LogP contribution in [0.4, 0.5) is 0 Å². The van der Waals surface area contributed by atoms with Crippen molar-refractivity contribution in [2.75, 3.05) is 46.9 Å². The molecule has 0 atom stereocenters. The molecular weight excluding hydrogens is 270 g/mol. The lowest BCUT2D eigenvalue weighted by Crippen LogP contribution is -2.37. The normalized spacial score (nSPS) is 16.5. The summed E-state index contributed by atoms with van der Waals surface area (Å²) >= 11 is 0. The van der Waals surface area contributed by atoms with Crippen LogP contribution in [-0.2, 0) is 17.8 Å². The number of ether oxygens (including phenoxy) is 1. The van der Waals surface area contributed by atoms with Gasteiger partial charge >= 0.3 is 0 Å². The van der Waals surface area contributed by atoms with Crippen molar-refractivity contribution in [2.24, 2.45) is 0 Å². The van der Waals surface area contributed by atoms with Crippen LogP contribution in [-0.4, -0.2) is 66.4 Å². The Morgan fingerprint density at radius 2 is 2.00 bits per heavy atom. The molecule has 2 heterocycles. The number of nitrogens with zero attached hydrogens (tertiary/aromatic N) is 3. The molecule has 0 unspecified atom stereocenters. The van der Waals surface area contributed by atoms with Crippen LogP contribution in [0.1, 0.15) is 12.1 Å². The molecule has 1 saturated heterocycles. The SMILES string of the molecule is CN(C)Cc1cc(=O)c(O)cn1CCCN1CCOCC1. The van der Waals surface area contributed by atoms with Crippen LogP contribution < -0.4 is 5.43 Å². The maximum Gasteiger partial charge on any atom is 0.223 e. The fourth-order valence-corrected chi connectivity index (χ4v) is 2.56. The van der Waals surface area contributed by atoms with E-state index < -0.39 is 0 Å². The Labute approximate surface area is 125 Å². The van der Waals surface area contributed by atoms with Gasteiger partial charge in [0, 0.05) is 44.5 Å². The predicted molar refractivity (Wildman–Crippen MR) is 81.6 cm³/mol. The van der Waals surface area contributed by atoms with E-state index >= 15 is 0 Å². The van der Waals surface area contributed by atoms with Crippen molar-refractivity contribution < 1.29 is 9.84 Å². The summed E-state index contributed by atoms with van der Waals surface area (Å²) < 4.78 is 7.32. The Morgan fingerprint density at radius 1 is 1.29 bits per heavy atom. The van der Waals surface area contributed by atoms with Gasteiger partial charge < -0.3 is 19.3 Å². The number of morpholine rings is 1. The van der Waals surface area contributed by atoms with E-state index in [1.54, 1.807) is 6.20 Å². The van der Waals surface area contributed by atoms with Crippen LogP contribution in [0.3, 0.4) is 0 Å². The molecule has 6 nitrogen and oxygen atoms in total. The molecule has 1 aromatic rings. The third-order valence-corrected chi connectivity index (χ3v) is 3.65. The number of aromatic hydroxyl groups is 1. The van der Waals surface area contributed by atoms with E-state index in [0.29, 0.717) is 6.54 Å². The molecule has 0 bridgehead atoms. The van der Waals surface area contributed by atoms with Crippen LogP contribution in [0.25, 0.3) is 0 Å². The van der Waals surface area contributed by atoms with Crippen LogP contribution >= 0.6 is 0 Å². The summed E-state index contributed by atoms with van der Waals surface area (Å²) in [5.74, 6) is -0.177. The molecule has 1 aromatic heterocycles. The predicted octanol–water partition coefficient (Wildman–Crippen LogP) is 0.338. The molecule has 1 N–H and O–H groups in total. The van der Waals surface area contributed by atoms with Gasteiger partial charge in [0.25, 0.3) is 0 Å². The Balaban J connectivity index is 1.97. The van der Waals surface area contributed by atoms with Crippen molar-refractivity contribution in [3.05, 3.63) is 28.2 Å². The fourth-order valence-electron chi connectivity index (χ4n) is 2.56. The Morgan fingerprint density at radius 3 is 2.67 bits per heavy atom. The maximum absolute atomic E-state index is 11.6. The van der Waals surface area contributed by atoms with Crippen molar-refractivity contribution in [3.63, 3.8) is 0 Å². The standard InChI is InChI=1S/C15H25N3O3/c1-16(2)11-13-10-14(19)15(20)12-18(13)5-3-4-17-6-8-21-9-7-17/h10,12,20H,3-9,11H2,1-2H3. The zero-order valence-corrected chi connectivity index (χ0v) is 12.9. The zero-order valence-electron chi connectivity index (χ0n) is 12.9. The van der Waals surface area contributed by atoms with Gasteiger partial charge in [-0.15, -0.1) is 0 Å². The molecule has 0 aromatic carbocycles. The molecule has 0 radical (unpaired) electrons. The third-order valence-electron chi connectivity index (χ3n) is 3.65. The largest absolute Gasteiger partial charge is 0.503 e. The van der Waals surface area contributed by atoms with Crippen molar-refractivity contribution in [3.8, 4) is 5.75 Å².